The molecule has 0 spiro atoms. The zero-order valence-electron chi connectivity index (χ0n) is 7.13. The predicted molar refractivity (Wildman–Crippen MR) is 42.8 cm³/mol. The molecule has 0 aromatic heterocycles. The Hall–Kier alpha value is -1.32. The van der Waals surface area contributed by atoms with Gasteiger partial charge in [-0.3, -0.25) is 9.59 Å². The lowest BCUT2D eigenvalue weighted by Gasteiger charge is -2.21. The molecule has 0 aliphatic heterocycles. The Kier molecular flexibility index (Phi) is 3.01. The molecule has 0 aliphatic rings. The summed E-state index contributed by atoms with van der Waals surface area (Å²) in [5.74, 6) is -2.75. The Bertz CT molecular complexity index is 215. The quantitative estimate of drug-likeness (QED) is 0.492. The summed E-state index contributed by atoms with van der Waals surface area (Å²) in [5, 5.41) is 17.3. The van der Waals surface area contributed by atoms with Crippen molar-refractivity contribution in [2.24, 2.45) is 5.41 Å². The van der Waals surface area contributed by atoms with E-state index in [1.54, 1.807) is 6.92 Å². The molecule has 0 rings (SSSR count). The van der Waals surface area contributed by atoms with Crippen LogP contribution in [0.3, 0.4) is 0 Å². The molecule has 0 amide bonds. The van der Waals surface area contributed by atoms with Gasteiger partial charge in [0.1, 0.15) is 0 Å². The molecule has 0 saturated heterocycles. The van der Waals surface area contributed by atoms with E-state index >= 15 is 0 Å². The molecule has 0 aromatic rings. The Balaban J connectivity index is 5.01. The van der Waals surface area contributed by atoms with Crippen molar-refractivity contribution < 1.29 is 19.8 Å². The van der Waals surface area contributed by atoms with Crippen molar-refractivity contribution in [1.29, 1.82) is 0 Å². The summed E-state index contributed by atoms with van der Waals surface area (Å²) in [6.45, 7) is 6.24. The first-order valence-electron chi connectivity index (χ1n) is 3.52. The maximum Gasteiger partial charge on any atom is 0.324 e. The van der Waals surface area contributed by atoms with Gasteiger partial charge in [0, 0.05) is 0 Å². The fraction of sp³-hybridized carbons (Fsp3) is 0.500. The van der Waals surface area contributed by atoms with E-state index < -0.39 is 17.4 Å². The maximum atomic E-state index is 10.6. The van der Waals surface area contributed by atoms with Gasteiger partial charge in [-0.25, -0.2) is 0 Å². The summed E-state index contributed by atoms with van der Waals surface area (Å²) in [7, 11) is 0. The molecule has 0 fully saturated rings. The van der Waals surface area contributed by atoms with Gasteiger partial charge in [0.2, 0.25) is 0 Å². The van der Waals surface area contributed by atoms with Crippen LogP contribution in [0.25, 0.3) is 0 Å². The van der Waals surface area contributed by atoms with Crippen molar-refractivity contribution >= 4 is 11.9 Å². The van der Waals surface area contributed by atoms with Gasteiger partial charge in [-0.05, 0) is 18.9 Å². The average Bonchev–Trinajstić information content (AvgIpc) is 2.00. The van der Waals surface area contributed by atoms with Crippen molar-refractivity contribution in [2.75, 3.05) is 0 Å². The zero-order valence-corrected chi connectivity index (χ0v) is 7.13. The van der Waals surface area contributed by atoms with E-state index in [1.807, 2.05) is 0 Å². The van der Waals surface area contributed by atoms with Crippen molar-refractivity contribution in [3.05, 3.63) is 12.2 Å². The van der Waals surface area contributed by atoms with Crippen LogP contribution in [0.15, 0.2) is 12.2 Å². The molecule has 12 heavy (non-hydrogen) atoms. The zero-order chi connectivity index (χ0) is 9.94. The minimum Gasteiger partial charge on any atom is -0.480 e. The second-order valence-corrected chi connectivity index (χ2v) is 2.69. The van der Waals surface area contributed by atoms with E-state index in [0.29, 0.717) is 6.42 Å². The van der Waals surface area contributed by atoms with Gasteiger partial charge >= 0.3 is 11.9 Å². The monoisotopic (exact) mass is 172 g/mol. The summed E-state index contributed by atoms with van der Waals surface area (Å²) in [6.07, 6.45) is 0.342. The third kappa shape index (κ3) is 1.47. The summed E-state index contributed by atoms with van der Waals surface area (Å²) in [5.41, 5.74) is -1.66. The first-order chi connectivity index (χ1) is 5.37. The van der Waals surface area contributed by atoms with E-state index in [-0.39, 0.29) is 5.57 Å². The smallest absolute Gasteiger partial charge is 0.324 e. The molecule has 0 radical (unpaired) electrons. The summed E-state index contributed by atoms with van der Waals surface area (Å²) < 4.78 is 0. The highest BCUT2D eigenvalue weighted by molar-refractivity contribution is 6.01. The number of rotatable bonds is 4. The first-order valence-corrected chi connectivity index (χ1v) is 3.52. The summed E-state index contributed by atoms with van der Waals surface area (Å²) >= 11 is 0. The van der Waals surface area contributed by atoms with E-state index in [4.69, 9.17) is 10.2 Å². The molecule has 4 nitrogen and oxygen atoms in total. The molecule has 0 aliphatic carbocycles. The van der Waals surface area contributed by atoms with E-state index in [1.165, 1.54) is 0 Å². The number of carbonyl (C=O) groups is 2. The molecular weight excluding hydrogens is 160 g/mol. The molecule has 0 heterocycles. The normalized spacial score (nSPS) is 10.8. The Labute approximate surface area is 70.5 Å². The molecule has 0 unspecified atom stereocenters. The second-order valence-electron chi connectivity index (χ2n) is 2.69. The van der Waals surface area contributed by atoms with Crippen LogP contribution < -0.4 is 0 Å². The summed E-state index contributed by atoms with van der Waals surface area (Å²) in [4.78, 5) is 21.2. The maximum absolute atomic E-state index is 10.6. The van der Waals surface area contributed by atoms with Crippen LogP contribution in [-0.2, 0) is 9.59 Å². The Morgan fingerprint density at radius 3 is 1.75 bits per heavy atom. The van der Waals surface area contributed by atoms with E-state index in [0.717, 1.165) is 6.92 Å². The van der Waals surface area contributed by atoms with Gasteiger partial charge in [0.15, 0.2) is 5.41 Å². The fourth-order valence-electron chi connectivity index (χ4n) is 0.747. The minimum absolute atomic E-state index is 0.197. The second kappa shape index (κ2) is 3.38. The molecule has 68 valence electrons. The van der Waals surface area contributed by atoms with Crippen LogP contribution in [0.2, 0.25) is 0 Å². The molecule has 4 heteroatoms. The number of carboxylic acid groups (broad SMARTS) is 2. The highest BCUT2D eigenvalue weighted by Gasteiger charge is 2.43. The number of hydrogen-bond acceptors (Lipinski definition) is 2. The van der Waals surface area contributed by atoms with Crippen molar-refractivity contribution in [2.45, 2.75) is 20.3 Å². The largest absolute Gasteiger partial charge is 0.480 e. The van der Waals surface area contributed by atoms with Crippen molar-refractivity contribution in [3.8, 4) is 0 Å². The van der Waals surface area contributed by atoms with Crippen LogP contribution in [0.1, 0.15) is 20.3 Å². The highest BCUT2D eigenvalue weighted by Crippen LogP contribution is 2.28. The third-order valence-corrected chi connectivity index (χ3v) is 1.99. The van der Waals surface area contributed by atoms with Crippen molar-refractivity contribution in [1.82, 2.24) is 0 Å². The van der Waals surface area contributed by atoms with Crippen LogP contribution in [0, 0.1) is 5.41 Å². The first kappa shape index (κ1) is 10.7. The van der Waals surface area contributed by atoms with Gasteiger partial charge in [-0.2, -0.15) is 0 Å². The molecule has 0 saturated carbocycles. The van der Waals surface area contributed by atoms with Crippen LogP contribution in [-0.4, -0.2) is 22.2 Å². The molecule has 0 atom stereocenters. The van der Waals surface area contributed by atoms with Crippen LogP contribution in [0.4, 0.5) is 0 Å². The van der Waals surface area contributed by atoms with Gasteiger partial charge in [0.25, 0.3) is 0 Å². The van der Waals surface area contributed by atoms with E-state index in [2.05, 4.69) is 6.58 Å². The lowest BCUT2D eigenvalue weighted by atomic mass is 9.82. The Morgan fingerprint density at radius 1 is 1.33 bits per heavy atom. The van der Waals surface area contributed by atoms with Gasteiger partial charge in [0.05, 0.1) is 0 Å². The lowest BCUT2D eigenvalue weighted by Crippen LogP contribution is -2.37. The summed E-state index contributed by atoms with van der Waals surface area (Å²) in [6, 6.07) is 0. The standard InChI is InChI=1S/C8H12O4/c1-4-5(2)8(3,6(9)10)7(11)12/h2,4H2,1,3H3,(H,9,10)(H,11,12). The molecule has 2 N–H and O–H groups in total. The molecular formula is C8H12O4. The Morgan fingerprint density at radius 2 is 1.67 bits per heavy atom. The van der Waals surface area contributed by atoms with Gasteiger partial charge in [-0.15, -0.1) is 0 Å². The molecule has 0 bridgehead atoms. The number of carboxylic acids is 2. The lowest BCUT2D eigenvalue weighted by molar-refractivity contribution is -0.160. The minimum atomic E-state index is -1.85. The topological polar surface area (TPSA) is 74.6 Å². The van der Waals surface area contributed by atoms with Crippen LogP contribution in [0.5, 0.6) is 0 Å². The van der Waals surface area contributed by atoms with E-state index in [9.17, 15) is 9.59 Å². The van der Waals surface area contributed by atoms with Gasteiger partial charge in [-0.1, -0.05) is 13.5 Å². The SMILES string of the molecule is C=C(CC)C(C)(C(=O)O)C(=O)O. The fourth-order valence-corrected chi connectivity index (χ4v) is 0.747. The predicted octanol–water partition coefficient (Wildman–Crippen LogP) is 1.13. The molecule has 0 aromatic carbocycles. The number of aliphatic carboxylic acids is 2. The third-order valence-electron chi connectivity index (χ3n) is 1.99. The van der Waals surface area contributed by atoms with Crippen molar-refractivity contribution in [3.63, 3.8) is 0 Å². The van der Waals surface area contributed by atoms with Gasteiger partial charge < -0.3 is 10.2 Å². The number of hydrogen-bond donors (Lipinski definition) is 2. The van der Waals surface area contributed by atoms with Crippen LogP contribution >= 0.6 is 0 Å². The average molecular weight is 172 g/mol. The highest BCUT2D eigenvalue weighted by atomic mass is 16.4.